The summed E-state index contributed by atoms with van der Waals surface area (Å²) in [6.45, 7) is 7.53. The van der Waals surface area contributed by atoms with Gasteiger partial charge in [-0.1, -0.05) is 6.92 Å². The summed E-state index contributed by atoms with van der Waals surface area (Å²) in [5.41, 5.74) is 4.26. The molecule has 9 nitrogen and oxygen atoms in total. The summed E-state index contributed by atoms with van der Waals surface area (Å²) in [6, 6.07) is 0. The predicted molar refractivity (Wildman–Crippen MR) is 84.3 cm³/mol. The van der Waals surface area contributed by atoms with Crippen molar-refractivity contribution in [2.45, 2.75) is 13.3 Å². The lowest BCUT2D eigenvalue weighted by Crippen LogP contribution is -2.39. The summed E-state index contributed by atoms with van der Waals surface area (Å²) in [5, 5.41) is 6.34. The van der Waals surface area contributed by atoms with Crippen molar-refractivity contribution in [1.29, 1.82) is 0 Å². The van der Waals surface area contributed by atoms with Crippen LogP contribution in [0.4, 0.5) is 0 Å². The van der Waals surface area contributed by atoms with Crippen LogP contribution in [0.25, 0.3) is 0 Å². The Hall–Kier alpha value is -2.23. The third-order valence-corrected chi connectivity index (χ3v) is 3.00. The minimum absolute atomic E-state index is 0.104. The number of likely N-dealkylation sites (tertiary alicyclic amines) is 1. The van der Waals surface area contributed by atoms with E-state index in [2.05, 4.69) is 34.5 Å². The van der Waals surface area contributed by atoms with Gasteiger partial charge in [-0.25, -0.2) is 10.9 Å². The van der Waals surface area contributed by atoms with Gasteiger partial charge in [0.2, 0.25) is 17.7 Å². The Balaban J connectivity index is 0.000000472. The lowest BCUT2D eigenvalue weighted by Gasteiger charge is -2.12. The van der Waals surface area contributed by atoms with Gasteiger partial charge in [-0.15, -0.1) is 0 Å². The van der Waals surface area contributed by atoms with E-state index in [-0.39, 0.29) is 36.6 Å². The molecule has 22 heavy (non-hydrogen) atoms. The highest BCUT2D eigenvalue weighted by Gasteiger charge is 2.36. The number of nitrogens with zero attached hydrogens (tertiary/aromatic N) is 3. The Labute approximate surface area is 132 Å². The van der Waals surface area contributed by atoms with Gasteiger partial charge in [-0.2, -0.15) is 22.0 Å². The highest BCUT2D eigenvalue weighted by atomic mass is 32.2. The van der Waals surface area contributed by atoms with Crippen LogP contribution in [0.2, 0.25) is 0 Å². The molecular formula is C12H19N5O4S. The van der Waals surface area contributed by atoms with Crippen LogP contribution in [0.15, 0.2) is 10.2 Å². The predicted octanol–water partition coefficient (Wildman–Crippen LogP) is -0.806. The molecule has 0 saturated carbocycles. The topological polar surface area (TPSA) is 120 Å². The molecule has 1 heterocycles. The first-order chi connectivity index (χ1) is 10.4. The zero-order valence-corrected chi connectivity index (χ0v) is 13.3. The fourth-order valence-electron chi connectivity index (χ4n) is 1.53. The van der Waals surface area contributed by atoms with Gasteiger partial charge < -0.3 is 0 Å². The number of amides is 4. The molecule has 1 fully saturated rings. The second-order valence-electron chi connectivity index (χ2n) is 4.24. The minimum atomic E-state index is -0.518. The fourth-order valence-corrected chi connectivity index (χ4v) is 1.86. The Kier molecular flexibility index (Phi) is 9.43. The van der Waals surface area contributed by atoms with Crippen LogP contribution < -0.4 is 10.9 Å². The molecule has 122 valence electrons. The van der Waals surface area contributed by atoms with Crippen LogP contribution in [0.5, 0.6) is 0 Å². The summed E-state index contributed by atoms with van der Waals surface area (Å²) in [7, 11) is 0. The monoisotopic (exact) mass is 329 g/mol. The third-order valence-electron chi connectivity index (χ3n) is 2.45. The van der Waals surface area contributed by atoms with Gasteiger partial charge in [0.05, 0.1) is 5.75 Å². The van der Waals surface area contributed by atoms with Crippen LogP contribution in [0.3, 0.4) is 0 Å². The highest BCUT2D eigenvalue weighted by molar-refractivity contribution is 7.99. The maximum atomic E-state index is 11.3. The zero-order chi connectivity index (χ0) is 17.1. The van der Waals surface area contributed by atoms with Gasteiger partial charge in [0.25, 0.3) is 5.91 Å². The summed E-state index contributed by atoms with van der Waals surface area (Å²) >= 11 is 1.45. The number of carbonyl (C=O) groups excluding carboxylic acids is 4. The molecule has 1 saturated heterocycles. The number of thioether (sulfide) groups is 1. The molecule has 0 aromatic rings. The lowest BCUT2D eigenvalue weighted by molar-refractivity contribution is -0.143. The number of rotatable bonds is 6. The average molecular weight is 329 g/mol. The normalized spacial score (nSPS) is 16.5. The number of imide groups is 1. The molecule has 1 aliphatic rings. The molecule has 0 bridgehead atoms. The van der Waals surface area contributed by atoms with E-state index in [9.17, 15) is 19.2 Å². The zero-order valence-electron chi connectivity index (χ0n) is 12.5. The molecule has 1 unspecified atom stereocenters. The number of hydrazone groups is 2. The van der Waals surface area contributed by atoms with Gasteiger partial charge in [-0.3, -0.25) is 24.1 Å². The van der Waals surface area contributed by atoms with Gasteiger partial charge in [0.1, 0.15) is 6.54 Å². The summed E-state index contributed by atoms with van der Waals surface area (Å²) < 4.78 is 0. The number of nitrogens with one attached hydrogen (secondary N) is 2. The van der Waals surface area contributed by atoms with Crippen LogP contribution in [-0.2, 0) is 19.2 Å². The van der Waals surface area contributed by atoms with Crippen LogP contribution in [0, 0.1) is 5.92 Å². The molecule has 0 aromatic carbocycles. The van der Waals surface area contributed by atoms with E-state index in [1.54, 1.807) is 6.92 Å². The van der Waals surface area contributed by atoms with Crippen molar-refractivity contribution in [3.05, 3.63) is 0 Å². The van der Waals surface area contributed by atoms with Crippen molar-refractivity contribution in [3.8, 4) is 0 Å². The smallest absolute Gasteiger partial charge is 0.260 e. The van der Waals surface area contributed by atoms with Gasteiger partial charge in [0, 0.05) is 25.8 Å². The Morgan fingerprint density at radius 1 is 1.27 bits per heavy atom. The Morgan fingerprint density at radius 3 is 2.23 bits per heavy atom. The molecule has 0 aromatic heterocycles. The van der Waals surface area contributed by atoms with Gasteiger partial charge >= 0.3 is 0 Å². The van der Waals surface area contributed by atoms with Crippen LogP contribution in [-0.4, -0.2) is 60.5 Å². The first-order valence-electron chi connectivity index (χ1n) is 6.19. The third kappa shape index (κ3) is 6.97. The van der Waals surface area contributed by atoms with E-state index in [1.165, 1.54) is 11.8 Å². The molecule has 10 heteroatoms. The highest BCUT2D eigenvalue weighted by Crippen LogP contribution is 2.17. The first kappa shape index (κ1) is 19.8. The van der Waals surface area contributed by atoms with E-state index in [0.29, 0.717) is 5.75 Å². The molecule has 4 amide bonds. The maximum Gasteiger partial charge on any atom is 0.260 e. The van der Waals surface area contributed by atoms with E-state index in [1.807, 2.05) is 6.26 Å². The number of carbonyl (C=O) groups is 4. The van der Waals surface area contributed by atoms with Crippen molar-refractivity contribution in [2.24, 2.45) is 16.1 Å². The molecule has 0 aliphatic carbocycles. The van der Waals surface area contributed by atoms with Crippen molar-refractivity contribution in [3.63, 3.8) is 0 Å². The van der Waals surface area contributed by atoms with E-state index in [0.717, 1.165) is 4.90 Å². The number of hydrogen-bond acceptors (Lipinski definition) is 7. The second-order valence-corrected chi connectivity index (χ2v) is 5.11. The molecule has 2 N–H and O–H groups in total. The van der Waals surface area contributed by atoms with E-state index >= 15 is 0 Å². The molecule has 0 radical (unpaired) electrons. The summed E-state index contributed by atoms with van der Waals surface area (Å²) in [6.07, 6.45) is 2.02. The van der Waals surface area contributed by atoms with Crippen LogP contribution >= 0.6 is 11.8 Å². The molecular weight excluding hydrogens is 310 g/mol. The lowest BCUT2D eigenvalue weighted by atomic mass is 10.1. The average Bonchev–Trinajstić information content (AvgIpc) is 2.67. The first-order valence-corrected chi connectivity index (χ1v) is 7.59. The van der Waals surface area contributed by atoms with Crippen LogP contribution in [0.1, 0.15) is 13.3 Å². The molecule has 1 atom stereocenters. The second kappa shape index (κ2) is 10.5. The molecule has 0 spiro atoms. The summed E-state index contributed by atoms with van der Waals surface area (Å²) in [5.74, 6) is -1.13. The van der Waals surface area contributed by atoms with E-state index < -0.39 is 5.91 Å². The fraction of sp³-hybridized carbons (Fsp3) is 0.500. The van der Waals surface area contributed by atoms with Crippen molar-refractivity contribution >= 4 is 48.8 Å². The Bertz CT molecular complexity index is 468. The standard InChI is InChI=1S/C8H11N3O3.C4H8N2OS/c1-5-3-7(13)11(8(5)14)4-6(12)10-9-2;1-5-6-4(7)3-8-2/h5H,2-4H2,1H3,(H,10,12);1,3H2,2H3,(H,6,7). The van der Waals surface area contributed by atoms with E-state index in [4.69, 9.17) is 0 Å². The number of hydrogen-bond donors (Lipinski definition) is 2. The SMILES string of the molecule is C=NNC(=O)CN1C(=O)CC(C)C1=O.C=NNC(=O)CSC. The molecule has 1 aliphatic heterocycles. The largest absolute Gasteiger partial charge is 0.274 e. The quantitative estimate of drug-likeness (QED) is 0.375. The van der Waals surface area contributed by atoms with Crippen molar-refractivity contribution < 1.29 is 19.2 Å². The van der Waals surface area contributed by atoms with Crippen molar-refractivity contribution in [2.75, 3.05) is 18.6 Å². The molecule has 1 rings (SSSR count). The van der Waals surface area contributed by atoms with Crippen molar-refractivity contribution in [1.82, 2.24) is 15.8 Å². The van der Waals surface area contributed by atoms with Gasteiger partial charge in [-0.05, 0) is 6.26 Å². The minimum Gasteiger partial charge on any atom is -0.274 e. The Morgan fingerprint density at radius 2 is 1.82 bits per heavy atom. The van der Waals surface area contributed by atoms with Gasteiger partial charge in [0.15, 0.2) is 0 Å². The maximum absolute atomic E-state index is 11.3. The summed E-state index contributed by atoms with van der Waals surface area (Å²) in [4.78, 5) is 44.9.